The number of nitrogens with zero attached hydrogens (tertiary/aromatic N) is 1. The van der Waals surface area contributed by atoms with Gasteiger partial charge in [-0.2, -0.15) is 0 Å². The van der Waals surface area contributed by atoms with E-state index in [0.29, 0.717) is 21.7 Å². The van der Waals surface area contributed by atoms with Gasteiger partial charge >= 0.3 is 0 Å². The van der Waals surface area contributed by atoms with Crippen LogP contribution in [0, 0.1) is 0 Å². The van der Waals surface area contributed by atoms with Crippen LogP contribution < -0.4 is 19.1 Å². The predicted molar refractivity (Wildman–Crippen MR) is 117 cm³/mol. The van der Waals surface area contributed by atoms with E-state index in [0.717, 1.165) is 16.1 Å². The Labute approximate surface area is 180 Å². The molecule has 0 unspecified atom stereocenters. The van der Waals surface area contributed by atoms with E-state index in [1.165, 1.54) is 0 Å². The number of para-hydroxylation sites is 1. The first-order valence-electron chi connectivity index (χ1n) is 8.94. The minimum Gasteiger partial charge on any atom is -0.493 e. The predicted octanol–water partition coefficient (Wildman–Crippen LogP) is 3.33. The molecule has 0 aromatic heterocycles. The van der Waals surface area contributed by atoms with Crippen LogP contribution in [0.15, 0.2) is 46.9 Å². The molecule has 0 fully saturated rings. The molecule has 0 saturated heterocycles. The van der Waals surface area contributed by atoms with E-state index in [-0.39, 0.29) is 19.2 Å². The summed E-state index contributed by atoms with van der Waals surface area (Å²) in [5.41, 5.74) is 1.21. The first-order valence-corrected chi connectivity index (χ1v) is 11.6. The van der Waals surface area contributed by atoms with E-state index in [2.05, 4.69) is 21.2 Å². The topological polar surface area (TPSA) is 84.9 Å². The van der Waals surface area contributed by atoms with Gasteiger partial charge in [0.05, 0.1) is 25.2 Å². The zero-order chi connectivity index (χ0) is 21.6. The molecule has 2 aromatic rings. The number of benzene rings is 2. The van der Waals surface area contributed by atoms with E-state index in [4.69, 9.17) is 9.47 Å². The van der Waals surface area contributed by atoms with Crippen LogP contribution in [-0.4, -0.2) is 40.3 Å². The lowest BCUT2D eigenvalue weighted by Gasteiger charge is -2.23. The molecule has 0 aliphatic rings. The molecular weight excluding hydrogens is 460 g/mol. The van der Waals surface area contributed by atoms with Crippen LogP contribution in [-0.2, 0) is 21.4 Å². The molecule has 0 bridgehead atoms. The van der Waals surface area contributed by atoms with Crippen molar-refractivity contribution in [2.45, 2.75) is 26.5 Å². The third-order valence-corrected chi connectivity index (χ3v) is 5.69. The van der Waals surface area contributed by atoms with E-state index < -0.39 is 15.9 Å². The van der Waals surface area contributed by atoms with Crippen molar-refractivity contribution in [3.63, 3.8) is 0 Å². The second-order valence-corrected chi connectivity index (χ2v) is 9.41. The van der Waals surface area contributed by atoms with Gasteiger partial charge in [-0.15, -0.1) is 0 Å². The van der Waals surface area contributed by atoms with Crippen molar-refractivity contribution in [1.29, 1.82) is 0 Å². The highest BCUT2D eigenvalue weighted by atomic mass is 79.9. The average Bonchev–Trinajstić information content (AvgIpc) is 2.64. The quantitative estimate of drug-likeness (QED) is 0.589. The highest BCUT2D eigenvalue weighted by Gasteiger charge is 2.22. The largest absolute Gasteiger partial charge is 0.493 e. The second-order valence-electron chi connectivity index (χ2n) is 6.65. The maximum Gasteiger partial charge on any atom is 0.241 e. The summed E-state index contributed by atoms with van der Waals surface area (Å²) in [5.74, 6) is 0.763. The lowest BCUT2D eigenvalue weighted by atomic mass is 10.2. The van der Waals surface area contributed by atoms with Gasteiger partial charge < -0.3 is 14.8 Å². The minimum atomic E-state index is -3.64. The molecule has 29 heavy (non-hydrogen) atoms. The summed E-state index contributed by atoms with van der Waals surface area (Å²) in [4.78, 5) is 12.4. The van der Waals surface area contributed by atoms with E-state index in [1.54, 1.807) is 43.5 Å². The van der Waals surface area contributed by atoms with Crippen molar-refractivity contribution in [3.05, 3.63) is 52.5 Å². The smallest absolute Gasteiger partial charge is 0.241 e. The van der Waals surface area contributed by atoms with Crippen molar-refractivity contribution >= 4 is 37.5 Å². The molecule has 0 radical (unpaired) electrons. The fraction of sp³-hybridized carbons (Fsp3) is 0.350. The van der Waals surface area contributed by atoms with Gasteiger partial charge in [0.1, 0.15) is 6.54 Å². The molecule has 2 aromatic carbocycles. The van der Waals surface area contributed by atoms with Gasteiger partial charge in [0.15, 0.2) is 11.5 Å². The molecule has 0 atom stereocenters. The molecule has 158 valence electrons. The summed E-state index contributed by atoms with van der Waals surface area (Å²) in [5, 5.41) is 2.75. The highest BCUT2D eigenvalue weighted by Crippen LogP contribution is 2.29. The van der Waals surface area contributed by atoms with Crippen LogP contribution in [0.1, 0.15) is 19.4 Å². The minimum absolute atomic E-state index is 0.00809. The number of sulfonamides is 1. The van der Waals surface area contributed by atoms with Gasteiger partial charge in [-0.05, 0) is 59.6 Å². The SMILES string of the molecule is COc1cc(CNC(=O)CN(c2ccccc2Br)S(C)(=O)=O)ccc1OC(C)C. The van der Waals surface area contributed by atoms with Crippen molar-refractivity contribution in [1.82, 2.24) is 5.32 Å². The number of carbonyl (C=O) groups is 1. The monoisotopic (exact) mass is 484 g/mol. The Morgan fingerprint density at radius 1 is 1.17 bits per heavy atom. The molecule has 0 saturated carbocycles. The van der Waals surface area contributed by atoms with Gasteiger partial charge in [-0.25, -0.2) is 8.42 Å². The van der Waals surface area contributed by atoms with Crippen LogP contribution in [0.4, 0.5) is 5.69 Å². The van der Waals surface area contributed by atoms with Crippen LogP contribution in [0.3, 0.4) is 0 Å². The number of nitrogens with one attached hydrogen (secondary N) is 1. The normalized spacial score (nSPS) is 11.2. The molecule has 7 nitrogen and oxygen atoms in total. The summed E-state index contributed by atoms with van der Waals surface area (Å²) < 4.78 is 37.1. The van der Waals surface area contributed by atoms with Crippen molar-refractivity contribution < 1.29 is 22.7 Å². The van der Waals surface area contributed by atoms with Crippen LogP contribution in [0.5, 0.6) is 11.5 Å². The van der Waals surface area contributed by atoms with Gasteiger partial charge in [-0.1, -0.05) is 18.2 Å². The Balaban J connectivity index is 2.09. The Morgan fingerprint density at radius 3 is 2.45 bits per heavy atom. The first-order chi connectivity index (χ1) is 13.6. The summed E-state index contributed by atoms with van der Waals surface area (Å²) in [6.45, 7) is 3.75. The third kappa shape index (κ3) is 6.64. The number of methoxy groups -OCH3 is 1. The zero-order valence-corrected chi connectivity index (χ0v) is 19.2. The number of carbonyl (C=O) groups excluding carboxylic acids is 1. The molecule has 9 heteroatoms. The third-order valence-electron chi connectivity index (χ3n) is 3.89. The Kier molecular flexibility index (Phi) is 7.92. The number of ether oxygens (including phenoxy) is 2. The number of amides is 1. The number of hydrogen-bond acceptors (Lipinski definition) is 5. The van der Waals surface area contributed by atoms with Gasteiger partial charge in [0.2, 0.25) is 15.9 Å². The van der Waals surface area contributed by atoms with Crippen molar-refractivity contribution in [2.75, 3.05) is 24.2 Å². The second kappa shape index (κ2) is 9.98. The van der Waals surface area contributed by atoms with Gasteiger partial charge in [0, 0.05) is 11.0 Å². The molecule has 1 N–H and O–H groups in total. The number of rotatable bonds is 9. The summed E-state index contributed by atoms with van der Waals surface area (Å²) in [6.07, 6.45) is 1.08. The molecule has 0 spiro atoms. The molecule has 1 amide bonds. The Bertz CT molecular complexity index is 963. The summed E-state index contributed by atoms with van der Waals surface area (Å²) in [6, 6.07) is 12.2. The average molecular weight is 485 g/mol. The molecule has 0 aliphatic carbocycles. The fourth-order valence-electron chi connectivity index (χ4n) is 2.60. The van der Waals surface area contributed by atoms with Gasteiger partial charge in [-0.3, -0.25) is 9.10 Å². The standard InChI is InChI=1S/C20H25BrN2O5S/c1-14(2)28-18-10-9-15(11-19(18)27-3)12-22-20(24)13-23(29(4,25)26)17-8-6-5-7-16(17)21/h5-11,14H,12-13H2,1-4H3,(H,22,24). The Hall–Kier alpha value is -2.26. The fourth-order valence-corrected chi connectivity index (χ4v) is 4.08. The molecule has 0 aliphatic heterocycles. The highest BCUT2D eigenvalue weighted by molar-refractivity contribution is 9.10. The lowest BCUT2D eigenvalue weighted by Crippen LogP contribution is -2.40. The number of hydrogen-bond donors (Lipinski definition) is 1. The maximum atomic E-state index is 12.4. The van der Waals surface area contributed by atoms with E-state index >= 15 is 0 Å². The van der Waals surface area contributed by atoms with Crippen molar-refractivity contribution in [2.24, 2.45) is 0 Å². The van der Waals surface area contributed by atoms with Crippen LogP contribution >= 0.6 is 15.9 Å². The summed E-state index contributed by atoms with van der Waals surface area (Å²) >= 11 is 3.33. The van der Waals surface area contributed by atoms with E-state index in [9.17, 15) is 13.2 Å². The van der Waals surface area contributed by atoms with Gasteiger partial charge in [0.25, 0.3) is 0 Å². The van der Waals surface area contributed by atoms with Crippen LogP contribution in [0.25, 0.3) is 0 Å². The zero-order valence-electron chi connectivity index (χ0n) is 16.8. The first kappa shape index (κ1) is 23.0. The van der Waals surface area contributed by atoms with Crippen molar-refractivity contribution in [3.8, 4) is 11.5 Å². The van der Waals surface area contributed by atoms with Crippen LogP contribution in [0.2, 0.25) is 0 Å². The summed E-state index contributed by atoms with van der Waals surface area (Å²) in [7, 11) is -2.09. The molecule has 0 heterocycles. The molecule has 2 rings (SSSR count). The number of anilines is 1. The Morgan fingerprint density at radius 2 is 1.86 bits per heavy atom. The number of halogens is 1. The maximum absolute atomic E-state index is 12.4. The lowest BCUT2D eigenvalue weighted by molar-refractivity contribution is -0.119. The van der Waals surface area contributed by atoms with E-state index in [1.807, 2.05) is 19.9 Å². The molecular formula is C20H25BrN2O5S.